The molecule has 6 nitrogen and oxygen atoms in total. The number of anilines is 2. The topological polar surface area (TPSA) is 76.7 Å². The van der Waals surface area contributed by atoms with Crippen molar-refractivity contribution in [2.45, 2.75) is 12.8 Å². The van der Waals surface area contributed by atoms with Crippen LogP contribution in [0.1, 0.15) is 12.8 Å². The number of carbonyl (C=O) groups excluding carboxylic acids is 2. The summed E-state index contributed by atoms with van der Waals surface area (Å²) in [5.74, 6) is 0.642. The second-order valence-electron chi connectivity index (χ2n) is 5.92. The van der Waals surface area contributed by atoms with E-state index in [1.54, 1.807) is 49.6 Å². The Kier molecular flexibility index (Phi) is 4.61. The molecule has 2 amide bonds. The Labute approximate surface area is 146 Å². The van der Waals surface area contributed by atoms with E-state index in [0.717, 1.165) is 0 Å². The molecular formula is C19H20N2O4. The number of rotatable bonds is 6. The molecule has 0 bridgehead atoms. The third kappa shape index (κ3) is 3.42. The van der Waals surface area contributed by atoms with Crippen LogP contribution in [-0.2, 0) is 9.59 Å². The average molecular weight is 340 g/mol. The standard InChI is InChI=1S/C19H20N2O4/c1-24-14-9-7-13(8-10-14)20-17(22)19(11-12-19)18(23)21-15-5-3-4-6-16(15)25-2/h3-10H,11-12H2,1-2H3,(H,20,22)(H,21,23). The molecule has 2 N–H and O–H groups in total. The molecule has 0 saturated heterocycles. The molecule has 0 atom stereocenters. The summed E-state index contributed by atoms with van der Waals surface area (Å²) < 4.78 is 10.3. The van der Waals surface area contributed by atoms with Gasteiger partial charge in [-0.05, 0) is 49.2 Å². The van der Waals surface area contributed by atoms with Gasteiger partial charge in [-0.25, -0.2) is 0 Å². The molecule has 0 unspecified atom stereocenters. The zero-order valence-electron chi connectivity index (χ0n) is 14.2. The van der Waals surface area contributed by atoms with Crippen LogP contribution in [0.2, 0.25) is 0 Å². The van der Waals surface area contributed by atoms with Crippen LogP contribution >= 0.6 is 0 Å². The van der Waals surface area contributed by atoms with Crippen molar-refractivity contribution in [2.75, 3.05) is 24.9 Å². The quantitative estimate of drug-likeness (QED) is 0.793. The van der Waals surface area contributed by atoms with Crippen LogP contribution in [0.4, 0.5) is 11.4 Å². The van der Waals surface area contributed by atoms with E-state index < -0.39 is 5.41 Å². The Morgan fingerprint density at radius 3 is 2.12 bits per heavy atom. The van der Waals surface area contributed by atoms with Crippen molar-refractivity contribution in [1.82, 2.24) is 0 Å². The second-order valence-corrected chi connectivity index (χ2v) is 5.92. The predicted octanol–water partition coefficient (Wildman–Crippen LogP) is 3.06. The van der Waals surface area contributed by atoms with Crippen molar-refractivity contribution in [3.8, 4) is 11.5 Å². The molecule has 1 fully saturated rings. The molecule has 130 valence electrons. The fourth-order valence-electron chi connectivity index (χ4n) is 2.60. The maximum Gasteiger partial charge on any atom is 0.240 e. The van der Waals surface area contributed by atoms with E-state index in [2.05, 4.69) is 10.6 Å². The molecular weight excluding hydrogens is 320 g/mol. The molecule has 0 radical (unpaired) electrons. The van der Waals surface area contributed by atoms with Crippen LogP contribution in [0.3, 0.4) is 0 Å². The highest BCUT2D eigenvalue weighted by molar-refractivity contribution is 6.17. The molecule has 0 heterocycles. The van der Waals surface area contributed by atoms with E-state index in [0.29, 0.717) is 35.7 Å². The summed E-state index contributed by atoms with van der Waals surface area (Å²) in [5, 5.41) is 5.61. The number of ether oxygens (including phenoxy) is 2. The van der Waals surface area contributed by atoms with Crippen LogP contribution in [0, 0.1) is 5.41 Å². The number of para-hydroxylation sites is 2. The molecule has 1 aliphatic carbocycles. The minimum atomic E-state index is -1.03. The second kappa shape index (κ2) is 6.84. The first kappa shape index (κ1) is 16.8. The monoisotopic (exact) mass is 340 g/mol. The smallest absolute Gasteiger partial charge is 0.240 e. The van der Waals surface area contributed by atoms with Gasteiger partial charge in [-0.1, -0.05) is 12.1 Å². The molecule has 0 aromatic heterocycles. The van der Waals surface area contributed by atoms with Crippen molar-refractivity contribution in [3.05, 3.63) is 48.5 Å². The summed E-state index contributed by atoms with van der Waals surface area (Å²) in [6.45, 7) is 0. The van der Waals surface area contributed by atoms with E-state index in [4.69, 9.17) is 9.47 Å². The summed E-state index contributed by atoms with van der Waals surface area (Å²) in [6.07, 6.45) is 1.05. The van der Waals surface area contributed by atoms with Gasteiger partial charge >= 0.3 is 0 Å². The lowest BCUT2D eigenvalue weighted by Crippen LogP contribution is -2.35. The minimum absolute atomic E-state index is 0.301. The molecule has 0 spiro atoms. The first-order valence-corrected chi connectivity index (χ1v) is 7.99. The van der Waals surface area contributed by atoms with Gasteiger partial charge in [-0.3, -0.25) is 9.59 Å². The SMILES string of the molecule is COc1ccc(NC(=O)C2(C(=O)Nc3ccccc3OC)CC2)cc1. The molecule has 6 heteroatoms. The Morgan fingerprint density at radius 1 is 0.880 bits per heavy atom. The van der Waals surface area contributed by atoms with E-state index in [9.17, 15) is 9.59 Å². The number of carbonyl (C=O) groups is 2. The Bertz CT molecular complexity index is 782. The van der Waals surface area contributed by atoms with E-state index in [-0.39, 0.29) is 11.8 Å². The molecule has 2 aromatic rings. The van der Waals surface area contributed by atoms with Gasteiger partial charge in [0.25, 0.3) is 0 Å². The molecule has 0 aliphatic heterocycles. The van der Waals surface area contributed by atoms with Crippen LogP contribution in [0.5, 0.6) is 11.5 Å². The molecule has 3 rings (SSSR count). The first-order chi connectivity index (χ1) is 12.1. The average Bonchev–Trinajstić information content (AvgIpc) is 3.45. The third-order valence-corrected chi connectivity index (χ3v) is 4.32. The minimum Gasteiger partial charge on any atom is -0.497 e. The number of nitrogens with one attached hydrogen (secondary N) is 2. The van der Waals surface area contributed by atoms with Gasteiger partial charge in [0.2, 0.25) is 11.8 Å². The van der Waals surface area contributed by atoms with E-state index in [1.807, 2.05) is 6.07 Å². The predicted molar refractivity (Wildman–Crippen MR) is 94.9 cm³/mol. The van der Waals surface area contributed by atoms with E-state index in [1.165, 1.54) is 7.11 Å². The van der Waals surface area contributed by atoms with Crippen molar-refractivity contribution in [1.29, 1.82) is 0 Å². The molecule has 1 aliphatic rings. The lowest BCUT2D eigenvalue weighted by Gasteiger charge is -2.17. The van der Waals surface area contributed by atoms with Gasteiger partial charge in [0.15, 0.2) is 0 Å². The number of benzene rings is 2. The highest BCUT2D eigenvalue weighted by Crippen LogP contribution is 2.48. The van der Waals surface area contributed by atoms with Gasteiger partial charge in [-0.2, -0.15) is 0 Å². The molecule has 2 aromatic carbocycles. The van der Waals surface area contributed by atoms with Crippen molar-refractivity contribution in [2.24, 2.45) is 5.41 Å². The van der Waals surface area contributed by atoms with Crippen molar-refractivity contribution in [3.63, 3.8) is 0 Å². The largest absolute Gasteiger partial charge is 0.497 e. The lowest BCUT2D eigenvalue weighted by molar-refractivity contribution is -0.131. The Balaban J connectivity index is 1.70. The van der Waals surface area contributed by atoms with Crippen LogP contribution < -0.4 is 20.1 Å². The normalized spacial score (nSPS) is 14.3. The highest BCUT2D eigenvalue weighted by Gasteiger charge is 2.56. The van der Waals surface area contributed by atoms with Gasteiger partial charge in [0.1, 0.15) is 16.9 Å². The number of hydrogen-bond acceptors (Lipinski definition) is 4. The summed E-state index contributed by atoms with van der Waals surface area (Å²) in [4.78, 5) is 25.3. The van der Waals surface area contributed by atoms with Gasteiger partial charge in [-0.15, -0.1) is 0 Å². The fraction of sp³-hybridized carbons (Fsp3) is 0.263. The maximum absolute atomic E-state index is 12.6. The summed E-state index contributed by atoms with van der Waals surface area (Å²) in [6, 6.07) is 14.1. The van der Waals surface area contributed by atoms with Gasteiger partial charge < -0.3 is 20.1 Å². The lowest BCUT2D eigenvalue weighted by atomic mass is 10.0. The first-order valence-electron chi connectivity index (χ1n) is 7.99. The van der Waals surface area contributed by atoms with Crippen molar-refractivity contribution < 1.29 is 19.1 Å². The van der Waals surface area contributed by atoms with Gasteiger partial charge in [0.05, 0.1) is 19.9 Å². The van der Waals surface area contributed by atoms with Gasteiger partial charge in [0, 0.05) is 5.69 Å². The third-order valence-electron chi connectivity index (χ3n) is 4.32. The number of methoxy groups -OCH3 is 2. The van der Waals surface area contributed by atoms with Crippen LogP contribution in [-0.4, -0.2) is 26.0 Å². The zero-order chi connectivity index (χ0) is 17.9. The van der Waals surface area contributed by atoms with Crippen LogP contribution in [0.15, 0.2) is 48.5 Å². The number of hydrogen-bond donors (Lipinski definition) is 2. The maximum atomic E-state index is 12.6. The summed E-state index contributed by atoms with van der Waals surface area (Å²) >= 11 is 0. The Morgan fingerprint density at radius 2 is 1.52 bits per heavy atom. The van der Waals surface area contributed by atoms with Crippen LogP contribution in [0.25, 0.3) is 0 Å². The molecule has 25 heavy (non-hydrogen) atoms. The Hall–Kier alpha value is -3.02. The zero-order valence-corrected chi connectivity index (χ0v) is 14.2. The van der Waals surface area contributed by atoms with E-state index >= 15 is 0 Å². The highest BCUT2D eigenvalue weighted by atomic mass is 16.5. The molecule has 1 saturated carbocycles. The fourth-order valence-corrected chi connectivity index (χ4v) is 2.60. The van der Waals surface area contributed by atoms with Crippen molar-refractivity contribution >= 4 is 23.2 Å². The number of amides is 2. The summed E-state index contributed by atoms with van der Waals surface area (Å²) in [5.41, 5.74) is 0.154. The summed E-state index contributed by atoms with van der Waals surface area (Å²) in [7, 11) is 3.11.